The van der Waals surface area contributed by atoms with E-state index in [9.17, 15) is 14.4 Å². The van der Waals surface area contributed by atoms with E-state index in [0.29, 0.717) is 0 Å². The van der Waals surface area contributed by atoms with E-state index in [1.807, 2.05) is 30.3 Å². The molecule has 0 bridgehead atoms. The monoisotopic (exact) mass is 407 g/mol. The van der Waals surface area contributed by atoms with Crippen LogP contribution < -0.4 is 0 Å². The number of nitrogens with zero attached hydrogens (tertiary/aromatic N) is 3. The second-order valence-corrected chi connectivity index (χ2v) is 7.69. The zero-order valence-corrected chi connectivity index (χ0v) is 17.6. The van der Waals surface area contributed by atoms with Crippen LogP contribution in [0.1, 0.15) is 26.3 Å². The van der Waals surface area contributed by atoms with Gasteiger partial charge in [-0.05, 0) is 26.3 Å². The zero-order chi connectivity index (χ0) is 21.6. The molecule has 0 saturated carbocycles. The molecule has 160 valence electrons. The van der Waals surface area contributed by atoms with Crippen molar-refractivity contribution in [3.63, 3.8) is 0 Å². The molecular weight excluding hydrogens is 378 g/mol. The first-order valence-corrected chi connectivity index (χ1v) is 9.39. The van der Waals surface area contributed by atoms with Crippen molar-refractivity contribution in [2.24, 2.45) is 0 Å². The highest BCUT2D eigenvalue weighted by Gasteiger charge is 2.40. The summed E-state index contributed by atoms with van der Waals surface area (Å²) >= 11 is 0. The third-order valence-corrected chi connectivity index (χ3v) is 4.34. The topological polar surface area (TPSA) is 88.6 Å². The first kappa shape index (κ1) is 22.5. The molecular formula is C20H29N3O6. The van der Waals surface area contributed by atoms with Crippen molar-refractivity contribution in [1.82, 2.24) is 14.9 Å². The van der Waals surface area contributed by atoms with E-state index in [1.165, 1.54) is 24.0 Å². The molecule has 0 unspecified atom stereocenters. The molecule has 0 radical (unpaired) electrons. The van der Waals surface area contributed by atoms with Gasteiger partial charge in [0.05, 0.1) is 13.7 Å². The fourth-order valence-corrected chi connectivity index (χ4v) is 2.81. The lowest BCUT2D eigenvalue weighted by molar-refractivity contribution is -0.175. The number of carbonyl (C=O) groups excluding carboxylic acids is 3. The van der Waals surface area contributed by atoms with Crippen LogP contribution in [0.4, 0.5) is 9.59 Å². The van der Waals surface area contributed by atoms with Crippen LogP contribution in [0.25, 0.3) is 0 Å². The molecule has 0 N–H and O–H groups in total. The first-order chi connectivity index (χ1) is 13.6. The zero-order valence-electron chi connectivity index (χ0n) is 17.6. The molecule has 9 nitrogen and oxygen atoms in total. The fraction of sp³-hybridized carbons (Fsp3) is 0.550. The lowest BCUT2D eigenvalue weighted by Crippen LogP contribution is -2.62. The Kier molecular flexibility index (Phi) is 7.44. The van der Waals surface area contributed by atoms with Crippen LogP contribution in [0.3, 0.4) is 0 Å². The molecule has 0 spiro atoms. The quantitative estimate of drug-likeness (QED) is 0.712. The van der Waals surface area contributed by atoms with E-state index in [4.69, 9.17) is 14.3 Å². The van der Waals surface area contributed by atoms with Crippen molar-refractivity contribution < 1.29 is 28.7 Å². The van der Waals surface area contributed by atoms with Crippen LogP contribution in [0.2, 0.25) is 0 Å². The molecule has 0 aliphatic carbocycles. The summed E-state index contributed by atoms with van der Waals surface area (Å²) in [6, 6.07) is 8.32. The first-order valence-electron chi connectivity index (χ1n) is 9.39. The van der Waals surface area contributed by atoms with Gasteiger partial charge in [-0.3, -0.25) is 14.5 Å². The minimum absolute atomic E-state index is 0.0120. The van der Waals surface area contributed by atoms with E-state index < -0.39 is 29.7 Å². The maximum Gasteiger partial charge on any atom is 0.410 e. The Hall–Kier alpha value is -2.81. The normalized spacial score (nSPS) is 16.9. The summed E-state index contributed by atoms with van der Waals surface area (Å²) in [4.78, 5) is 45.5. The lowest BCUT2D eigenvalue weighted by atomic mass is 10.1. The van der Waals surface area contributed by atoms with Crippen LogP contribution >= 0.6 is 0 Å². The Bertz CT molecular complexity index is 719. The van der Waals surface area contributed by atoms with Gasteiger partial charge in [0.25, 0.3) is 5.91 Å². The molecule has 0 aromatic heterocycles. The van der Waals surface area contributed by atoms with Gasteiger partial charge in [-0.1, -0.05) is 30.3 Å². The Balaban J connectivity index is 2.10. The lowest BCUT2D eigenvalue weighted by Gasteiger charge is -2.40. The van der Waals surface area contributed by atoms with Crippen LogP contribution in [0.15, 0.2) is 30.3 Å². The smallest absolute Gasteiger partial charge is 0.410 e. The van der Waals surface area contributed by atoms with Gasteiger partial charge in [0.2, 0.25) is 0 Å². The van der Waals surface area contributed by atoms with Crippen molar-refractivity contribution in [3.05, 3.63) is 35.9 Å². The molecule has 2 rings (SSSR count). The summed E-state index contributed by atoms with van der Waals surface area (Å²) in [6.45, 7) is 5.75. The molecule has 3 amide bonds. The summed E-state index contributed by atoms with van der Waals surface area (Å²) in [6.07, 6.45) is -1.16. The van der Waals surface area contributed by atoms with Crippen LogP contribution in [0, 0.1) is 0 Å². The SMILES string of the molecule is CON(C)C(=O)[C@@H]1CN(C(=O)OC(C)(C)C)CCN1C(=O)OCc1ccccc1. The predicted molar refractivity (Wildman–Crippen MR) is 105 cm³/mol. The largest absolute Gasteiger partial charge is 0.445 e. The minimum Gasteiger partial charge on any atom is -0.445 e. The van der Waals surface area contributed by atoms with E-state index in [1.54, 1.807) is 20.8 Å². The highest BCUT2D eigenvalue weighted by Crippen LogP contribution is 2.18. The van der Waals surface area contributed by atoms with Gasteiger partial charge in [0.15, 0.2) is 0 Å². The summed E-state index contributed by atoms with van der Waals surface area (Å²) < 4.78 is 10.8. The van der Waals surface area contributed by atoms with E-state index in [-0.39, 0.29) is 26.2 Å². The third-order valence-electron chi connectivity index (χ3n) is 4.34. The van der Waals surface area contributed by atoms with Crippen LogP contribution in [0.5, 0.6) is 0 Å². The Labute approximate surface area is 171 Å². The van der Waals surface area contributed by atoms with Gasteiger partial charge in [0.1, 0.15) is 18.2 Å². The number of carbonyl (C=O) groups is 3. The number of ether oxygens (including phenoxy) is 2. The van der Waals surface area contributed by atoms with Crippen molar-refractivity contribution in [1.29, 1.82) is 0 Å². The summed E-state index contributed by atoms with van der Waals surface area (Å²) in [7, 11) is 2.80. The molecule has 1 heterocycles. The van der Waals surface area contributed by atoms with E-state index in [2.05, 4.69) is 0 Å². The number of hydroxylamine groups is 2. The minimum atomic E-state index is -0.940. The molecule has 1 aromatic rings. The van der Waals surface area contributed by atoms with Gasteiger partial charge in [-0.15, -0.1) is 0 Å². The molecule has 1 saturated heterocycles. The maximum atomic E-state index is 12.7. The van der Waals surface area contributed by atoms with Gasteiger partial charge < -0.3 is 14.4 Å². The number of rotatable bonds is 4. The van der Waals surface area contributed by atoms with Crippen molar-refractivity contribution in [3.8, 4) is 0 Å². The van der Waals surface area contributed by atoms with Crippen LogP contribution in [-0.2, 0) is 25.7 Å². The molecule has 1 atom stereocenters. The highest BCUT2D eigenvalue weighted by molar-refractivity contribution is 5.86. The summed E-state index contributed by atoms with van der Waals surface area (Å²) in [5.74, 6) is -0.461. The fourth-order valence-electron chi connectivity index (χ4n) is 2.81. The van der Waals surface area contributed by atoms with Crippen molar-refractivity contribution in [2.45, 2.75) is 39.0 Å². The third kappa shape index (κ3) is 6.35. The number of benzene rings is 1. The average Bonchev–Trinajstić information content (AvgIpc) is 2.69. The van der Waals surface area contributed by atoms with Gasteiger partial charge >= 0.3 is 12.2 Å². The summed E-state index contributed by atoms with van der Waals surface area (Å²) in [5, 5.41) is 1.03. The highest BCUT2D eigenvalue weighted by atomic mass is 16.7. The Morgan fingerprint density at radius 1 is 1.10 bits per heavy atom. The molecule has 1 fully saturated rings. The number of hydrogen-bond donors (Lipinski definition) is 0. The molecule has 29 heavy (non-hydrogen) atoms. The number of piperazine rings is 1. The van der Waals surface area contributed by atoms with Crippen molar-refractivity contribution in [2.75, 3.05) is 33.8 Å². The second kappa shape index (κ2) is 9.60. The molecule has 1 aliphatic heterocycles. The molecule has 9 heteroatoms. The predicted octanol–water partition coefficient (Wildman–Crippen LogP) is 2.26. The van der Waals surface area contributed by atoms with Crippen LogP contribution in [-0.4, -0.2) is 78.4 Å². The molecule has 1 aromatic carbocycles. The maximum absolute atomic E-state index is 12.7. The number of hydrogen-bond acceptors (Lipinski definition) is 6. The van der Waals surface area contributed by atoms with Crippen molar-refractivity contribution >= 4 is 18.1 Å². The van der Waals surface area contributed by atoms with E-state index in [0.717, 1.165) is 10.6 Å². The van der Waals surface area contributed by atoms with Gasteiger partial charge in [-0.2, -0.15) is 0 Å². The molecule has 1 aliphatic rings. The summed E-state index contributed by atoms with van der Waals surface area (Å²) in [5.41, 5.74) is 0.177. The Morgan fingerprint density at radius 3 is 2.34 bits per heavy atom. The number of amides is 3. The van der Waals surface area contributed by atoms with E-state index >= 15 is 0 Å². The Morgan fingerprint density at radius 2 is 1.76 bits per heavy atom. The average molecular weight is 407 g/mol. The second-order valence-electron chi connectivity index (χ2n) is 7.69. The standard InChI is InChI=1S/C20H29N3O6/c1-20(2,3)29-18(25)22-11-12-23(16(13-22)17(24)21(4)27-5)19(26)28-14-15-9-7-6-8-10-15/h6-10,16H,11-14H2,1-5H3/t16-/m0/s1. The number of likely N-dealkylation sites (N-methyl/N-ethyl adjacent to an activating group) is 1. The van der Waals surface area contributed by atoms with Gasteiger partial charge in [0, 0.05) is 20.1 Å². The van der Waals surface area contributed by atoms with Gasteiger partial charge in [-0.25, -0.2) is 14.7 Å².